The molecular formula is C56H61BrN2O7. The van der Waals surface area contributed by atoms with Gasteiger partial charge in [0.05, 0.1) is 34.4 Å². The molecule has 7 rings (SSSR count). The molecule has 0 aliphatic heterocycles. The van der Waals surface area contributed by atoms with Crippen LogP contribution in [0, 0.1) is 18.8 Å². The molecule has 10 heteroatoms. The quantitative estimate of drug-likeness (QED) is 0.0807. The van der Waals surface area contributed by atoms with Crippen molar-refractivity contribution in [2.45, 2.75) is 84.2 Å². The Morgan fingerprint density at radius 3 is 1.42 bits per heavy atom. The lowest BCUT2D eigenvalue weighted by Crippen LogP contribution is -2.36. The molecule has 0 atom stereocenters. The van der Waals surface area contributed by atoms with Gasteiger partial charge < -0.3 is 24.0 Å². The van der Waals surface area contributed by atoms with Crippen molar-refractivity contribution in [2.24, 2.45) is 11.8 Å². The summed E-state index contributed by atoms with van der Waals surface area (Å²) >= 11 is 3.47. The number of esters is 2. The summed E-state index contributed by atoms with van der Waals surface area (Å²) in [6.45, 7) is 3.05. The van der Waals surface area contributed by atoms with Crippen molar-refractivity contribution in [1.82, 2.24) is 0 Å². The van der Waals surface area contributed by atoms with E-state index in [9.17, 15) is 19.2 Å². The third-order valence-corrected chi connectivity index (χ3v) is 12.8. The van der Waals surface area contributed by atoms with E-state index >= 15 is 0 Å². The minimum Gasteiger partial charge on any atom is -0.496 e. The van der Waals surface area contributed by atoms with Gasteiger partial charge in [-0.05, 0) is 132 Å². The van der Waals surface area contributed by atoms with E-state index < -0.39 is 11.9 Å². The Kier molecular flexibility index (Phi) is 18.5. The van der Waals surface area contributed by atoms with Gasteiger partial charge in [0.1, 0.15) is 5.75 Å². The van der Waals surface area contributed by atoms with Gasteiger partial charge >= 0.3 is 11.9 Å². The first-order valence-electron chi connectivity index (χ1n) is 22.9. The Morgan fingerprint density at radius 2 is 1.00 bits per heavy atom. The Balaban J connectivity index is 0.000000225. The molecule has 0 heterocycles. The van der Waals surface area contributed by atoms with Gasteiger partial charge in [0.2, 0.25) is 11.8 Å². The highest BCUT2D eigenvalue weighted by atomic mass is 79.9. The summed E-state index contributed by atoms with van der Waals surface area (Å²) in [5.41, 5.74) is 8.85. The monoisotopic (exact) mass is 952 g/mol. The highest BCUT2D eigenvalue weighted by Gasteiger charge is 2.29. The van der Waals surface area contributed by atoms with Crippen molar-refractivity contribution in [3.63, 3.8) is 0 Å². The number of methoxy groups -OCH3 is 3. The van der Waals surface area contributed by atoms with Gasteiger partial charge in [-0.1, -0.05) is 121 Å². The number of benzene rings is 5. The maximum absolute atomic E-state index is 13.7. The smallest absolute Gasteiger partial charge is 0.330 e. The fourth-order valence-electron chi connectivity index (χ4n) is 8.61. The highest BCUT2D eigenvalue weighted by Crippen LogP contribution is 2.32. The molecule has 2 aliphatic carbocycles. The van der Waals surface area contributed by atoms with E-state index in [1.807, 2.05) is 95.6 Å². The second kappa shape index (κ2) is 24.9. The number of carbonyl (C=O) groups excluding carboxylic acids is 4. The van der Waals surface area contributed by atoms with E-state index in [1.165, 1.54) is 39.2 Å². The van der Waals surface area contributed by atoms with E-state index in [-0.39, 0.29) is 23.7 Å². The largest absolute Gasteiger partial charge is 0.496 e. The van der Waals surface area contributed by atoms with Gasteiger partial charge in [-0.25, -0.2) is 9.59 Å². The molecule has 0 unspecified atom stereocenters. The maximum Gasteiger partial charge on any atom is 0.330 e. The van der Waals surface area contributed by atoms with Crippen LogP contribution in [0.15, 0.2) is 132 Å². The fourth-order valence-corrected chi connectivity index (χ4v) is 8.87. The Hall–Kier alpha value is -6.26. The summed E-state index contributed by atoms with van der Waals surface area (Å²) in [5, 5.41) is 0. The number of nitrogens with zero attached hydrogens (tertiary/aromatic N) is 2. The summed E-state index contributed by atoms with van der Waals surface area (Å²) in [4.78, 5) is 53.9. The number of ether oxygens (including phenoxy) is 3. The lowest BCUT2D eigenvalue weighted by molar-refractivity contribution is -0.135. The van der Waals surface area contributed by atoms with Gasteiger partial charge in [-0.15, -0.1) is 0 Å². The number of anilines is 2. The number of rotatable bonds is 14. The van der Waals surface area contributed by atoms with Crippen LogP contribution in [-0.4, -0.2) is 45.1 Å². The van der Waals surface area contributed by atoms with Gasteiger partial charge in [-0.2, -0.15) is 0 Å². The normalized spacial score (nSPS) is 14.3. The molecule has 2 saturated carbocycles. The first-order chi connectivity index (χ1) is 32.0. The third kappa shape index (κ3) is 14.1. The third-order valence-electron chi connectivity index (χ3n) is 12.3. The Labute approximate surface area is 398 Å². The number of hydrogen-bond acceptors (Lipinski definition) is 7. The second-order valence-electron chi connectivity index (χ2n) is 16.9. The van der Waals surface area contributed by atoms with Gasteiger partial charge in [0.25, 0.3) is 0 Å². The minimum absolute atomic E-state index is 0.0459. The zero-order valence-electron chi connectivity index (χ0n) is 38.5. The van der Waals surface area contributed by atoms with Gasteiger partial charge in [0.15, 0.2) is 0 Å². The zero-order chi connectivity index (χ0) is 46.8. The maximum atomic E-state index is 13.7. The molecule has 9 nitrogen and oxygen atoms in total. The average Bonchev–Trinajstić information content (AvgIpc) is 3.37. The fraction of sp³-hybridized carbons (Fsp3) is 0.321. The van der Waals surface area contributed by atoms with Crippen LogP contribution in [0.5, 0.6) is 5.75 Å². The molecule has 66 heavy (non-hydrogen) atoms. The topological polar surface area (TPSA) is 102 Å². The number of hydrogen-bond donors (Lipinski definition) is 0. The van der Waals surface area contributed by atoms with Crippen molar-refractivity contribution in [2.75, 3.05) is 31.1 Å². The van der Waals surface area contributed by atoms with Crippen molar-refractivity contribution < 1.29 is 33.4 Å². The van der Waals surface area contributed by atoms with Gasteiger partial charge in [-0.3, -0.25) is 9.59 Å². The average molecular weight is 954 g/mol. The molecular weight excluding hydrogens is 893 g/mol. The molecule has 344 valence electrons. The van der Waals surface area contributed by atoms with Crippen molar-refractivity contribution in [1.29, 1.82) is 0 Å². The summed E-state index contributed by atoms with van der Waals surface area (Å²) in [7, 11) is 4.39. The van der Waals surface area contributed by atoms with Crippen molar-refractivity contribution in [3.8, 4) is 16.9 Å². The molecule has 2 amide bonds. The summed E-state index contributed by atoms with van der Waals surface area (Å²) < 4.78 is 15.8. The van der Waals surface area contributed by atoms with Crippen LogP contribution in [-0.2, 0) is 41.7 Å². The molecule has 0 radical (unpaired) electrons. The van der Waals surface area contributed by atoms with Crippen LogP contribution in [0.2, 0.25) is 0 Å². The highest BCUT2D eigenvalue weighted by molar-refractivity contribution is 9.10. The van der Waals surface area contributed by atoms with Crippen LogP contribution < -0.4 is 14.5 Å². The van der Waals surface area contributed by atoms with Crippen LogP contribution in [0.1, 0.15) is 92.0 Å². The number of halogens is 1. The van der Waals surface area contributed by atoms with Crippen molar-refractivity contribution in [3.05, 3.63) is 160 Å². The van der Waals surface area contributed by atoms with E-state index in [0.717, 1.165) is 112 Å². The minimum atomic E-state index is -0.410. The number of amides is 2. The second-order valence-corrected chi connectivity index (χ2v) is 17.8. The van der Waals surface area contributed by atoms with Gasteiger partial charge in [0, 0.05) is 39.8 Å². The molecule has 0 spiro atoms. The Bertz CT molecular complexity index is 2470. The van der Waals surface area contributed by atoms with Crippen molar-refractivity contribution >= 4 is 63.2 Å². The van der Waals surface area contributed by atoms with Crippen LogP contribution in [0.4, 0.5) is 11.4 Å². The first kappa shape index (κ1) is 49.2. The molecule has 2 aliphatic rings. The summed E-state index contributed by atoms with van der Waals surface area (Å²) in [5.74, 6) is 0.539. The van der Waals surface area contributed by atoms with E-state index in [0.29, 0.717) is 13.1 Å². The Morgan fingerprint density at radius 1 is 0.561 bits per heavy atom. The zero-order valence-corrected chi connectivity index (χ0v) is 40.1. The SMILES string of the molecule is COC(=O)/C=C/c1cccc(N(Cc2ccc(-c3ccc(OC)c(C)c3)cc2)C(=O)C2CCCCC2)c1.COC(=O)/C=C/c1cccc(N(Cc2ccc(Br)cc2)C(=O)C2CCCCC2)c1. The van der Waals surface area contributed by atoms with E-state index in [2.05, 4.69) is 57.1 Å². The molecule has 2 fully saturated rings. The lowest BCUT2D eigenvalue weighted by atomic mass is 9.88. The van der Waals surface area contributed by atoms with Crippen LogP contribution >= 0.6 is 15.9 Å². The lowest BCUT2D eigenvalue weighted by Gasteiger charge is -2.30. The standard InChI is InChI=1S/C32H35NO4.C24H26BrNO3/c1-23-20-28(17-18-30(23)36-2)26-15-12-25(13-16-26)22-33(32(35)27-9-5-4-6-10-27)29-11-7-8-24(21-29)14-19-31(34)37-3;1-29-23(27)15-12-18-6-5-9-22(16-18)26(17-19-10-13-21(25)14-11-19)24(28)20-7-3-2-4-8-20/h7-8,11-21,27H,4-6,9-10,22H2,1-3H3;5-6,9-16,20H,2-4,7-8,17H2,1H3/b19-14+;15-12+. The molecule has 0 bridgehead atoms. The summed E-state index contributed by atoms with van der Waals surface area (Å²) in [6.07, 6.45) is 16.8. The van der Waals surface area contributed by atoms with E-state index in [1.54, 1.807) is 19.3 Å². The molecule has 0 N–H and O–H groups in total. The first-order valence-corrected chi connectivity index (χ1v) is 23.7. The number of carbonyl (C=O) groups is 4. The molecule has 5 aromatic rings. The van der Waals surface area contributed by atoms with Crippen LogP contribution in [0.25, 0.3) is 23.3 Å². The number of aryl methyl sites for hydroxylation is 1. The molecule has 5 aromatic carbocycles. The van der Waals surface area contributed by atoms with E-state index in [4.69, 9.17) is 9.47 Å². The predicted octanol–water partition coefficient (Wildman–Crippen LogP) is 12.7. The molecule has 0 saturated heterocycles. The summed E-state index contributed by atoms with van der Waals surface area (Å²) in [6, 6.07) is 38.1. The predicted molar refractivity (Wildman–Crippen MR) is 268 cm³/mol. The van der Waals surface area contributed by atoms with Crippen LogP contribution in [0.3, 0.4) is 0 Å². The molecule has 0 aromatic heterocycles.